The number of anilines is 2. The Hall–Kier alpha value is -7.81. The van der Waals surface area contributed by atoms with E-state index in [1.54, 1.807) is 59.7 Å². The van der Waals surface area contributed by atoms with Crippen LogP contribution in [0.5, 0.6) is 5.75 Å². The van der Waals surface area contributed by atoms with Gasteiger partial charge in [-0.05, 0) is 48.1 Å². The molecule has 0 aliphatic heterocycles. The number of hydrogen-bond acceptors (Lipinski definition) is 13. The number of aldehydes is 2. The van der Waals surface area contributed by atoms with Crippen molar-refractivity contribution in [2.45, 2.75) is 6.42 Å². The molecule has 18 heteroatoms. The van der Waals surface area contributed by atoms with E-state index in [1.807, 2.05) is 0 Å². The maximum atomic E-state index is 14.1. The second-order valence-corrected chi connectivity index (χ2v) is 10.4. The lowest BCUT2D eigenvalue weighted by Gasteiger charge is -2.14. The fourth-order valence-electron chi connectivity index (χ4n) is 4.13. The van der Waals surface area contributed by atoms with Crippen LogP contribution in [0, 0.1) is 18.2 Å². The number of aromatic carboxylic acids is 2. The number of nitrogens with two attached hydrogens (primary N) is 4. The quantitative estimate of drug-likeness (QED) is 0.0398. The molecule has 17 nitrogen and oxygen atoms in total. The molecule has 2 heterocycles. The molecule has 0 fully saturated rings. The van der Waals surface area contributed by atoms with Gasteiger partial charge in [0.05, 0.1) is 34.8 Å². The van der Waals surface area contributed by atoms with E-state index in [2.05, 4.69) is 26.5 Å². The van der Waals surface area contributed by atoms with Crippen LogP contribution in [0.3, 0.4) is 0 Å². The van der Waals surface area contributed by atoms with Crippen LogP contribution in [0.1, 0.15) is 31.8 Å². The van der Waals surface area contributed by atoms with Gasteiger partial charge >= 0.3 is 11.9 Å². The van der Waals surface area contributed by atoms with E-state index >= 15 is 0 Å². The summed E-state index contributed by atoms with van der Waals surface area (Å²) in [6, 6.07) is 5.17. The van der Waals surface area contributed by atoms with Crippen LogP contribution in [0.25, 0.3) is 11.6 Å². The van der Waals surface area contributed by atoms with Crippen molar-refractivity contribution in [3.05, 3.63) is 125 Å². The fourth-order valence-corrected chi connectivity index (χ4v) is 4.13. The Morgan fingerprint density at radius 2 is 1.31 bits per heavy atom. The lowest BCUT2D eigenvalue weighted by molar-refractivity contribution is -0.105. The van der Waals surface area contributed by atoms with E-state index in [9.17, 15) is 28.7 Å². The summed E-state index contributed by atoms with van der Waals surface area (Å²) in [6.07, 6.45) is 22.5. The molecule has 2 aromatic heterocycles. The minimum absolute atomic E-state index is 0.0501. The summed E-state index contributed by atoms with van der Waals surface area (Å²) in [6.45, 7) is 0.0523. The molecule has 0 spiro atoms. The molecule has 54 heavy (non-hydrogen) atoms. The van der Waals surface area contributed by atoms with Crippen molar-refractivity contribution in [1.29, 1.82) is 0 Å². The molecule has 0 atom stereocenters. The highest BCUT2D eigenvalue weighted by Crippen LogP contribution is 2.27. The Labute approximate surface area is 309 Å². The first-order valence-corrected chi connectivity index (χ1v) is 15.4. The number of carbonyl (C=O) groups is 4. The van der Waals surface area contributed by atoms with Crippen LogP contribution in [-0.2, 0) is 16.0 Å². The average molecular weight is 743 g/mol. The van der Waals surface area contributed by atoms with Gasteiger partial charge in [0.25, 0.3) is 0 Å². The zero-order chi connectivity index (χ0) is 40.2. The molecule has 0 amide bonds. The van der Waals surface area contributed by atoms with Gasteiger partial charge in [-0.3, -0.25) is 18.7 Å². The van der Waals surface area contributed by atoms with Crippen LogP contribution in [0.4, 0.5) is 15.8 Å². The van der Waals surface area contributed by atoms with Gasteiger partial charge in [-0.2, -0.15) is 0 Å². The van der Waals surface area contributed by atoms with Crippen molar-refractivity contribution in [1.82, 2.24) is 19.1 Å². The van der Waals surface area contributed by atoms with Crippen molar-refractivity contribution < 1.29 is 38.5 Å². The zero-order valence-corrected chi connectivity index (χ0v) is 29.1. The summed E-state index contributed by atoms with van der Waals surface area (Å²) in [5, 5.41) is 23.8. The Balaban J connectivity index is 0.000000321. The van der Waals surface area contributed by atoms with Crippen LogP contribution >= 0.6 is 0 Å². The van der Waals surface area contributed by atoms with E-state index in [0.717, 1.165) is 6.07 Å². The largest absolute Gasteiger partial charge is 0.490 e. The van der Waals surface area contributed by atoms with Gasteiger partial charge < -0.3 is 48.5 Å². The maximum Gasteiger partial charge on any atom is 0.337 e. The monoisotopic (exact) mass is 742 g/mol. The van der Waals surface area contributed by atoms with Crippen LogP contribution in [0.15, 0.2) is 97.4 Å². The number of benzene rings is 2. The van der Waals surface area contributed by atoms with Crippen molar-refractivity contribution >= 4 is 47.5 Å². The normalized spacial score (nSPS) is 11.4. The van der Waals surface area contributed by atoms with Crippen LogP contribution in [-0.4, -0.2) is 74.5 Å². The number of allylic oxidation sites excluding steroid dienone is 6. The fraction of sp³-hybridized carbons (Fsp3) is 0.111. The standard InChI is InChI=1S/C20H19FN2O5.2C8H10N4O/c1-4-11-7-13(19(24)25)16(22-2)8-12(11)5-6-28-18-10-17(23-3)14(20(26)27)9-15(18)21;2*9-7(5-13)1-2-8(10)12-4-3-11-6-12/h1,7-10,22-23H,5-6H2,2-3H3,(H,24,25)(H,26,27);2*1-6H,9-10H2/b;2*7-1-,8-2+. The summed E-state index contributed by atoms with van der Waals surface area (Å²) in [5.74, 6) is 0.0678. The molecule has 0 aliphatic rings. The van der Waals surface area contributed by atoms with Crippen molar-refractivity contribution in [2.75, 3.05) is 31.3 Å². The number of terminal acetylenes is 1. The van der Waals surface area contributed by atoms with Gasteiger partial charge in [0.15, 0.2) is 24.1 Å². The zero-order valence-electron chi connectivity index (χ0n) is 29.1. The molecule has 0 bridgehead atoms. The molecule has 282 valence electrons. The van der Waals surface area contributed by atoms with E-state index in [1.165, 1.54) is 43.5 Å². The smallest absolute Gasteiger partial charge is 0.337 e. The Kier molecular flexibility index (Phi) is 16.8. The maximum absolute atomic E-state index is 14.1. The van der Waals surface area contributed by atoms with Gasteiger partial charge in [0, 0.05) is 62.6 Å². The van der Waals surface area contributed by atoms with Crippen LogP contribution in [0.2, 0.25) is 0 Å². The predicted molar refractivity (Wildman–Crippen MR) is 201 cm³/mol. The van der Waals surface area contributed by atoms with Crippen molar-refractivity contribution in [3.63, 3.8) is 0 Å². The van der Waals surface area contributed by atoms with Gasteiger partial charge in [-0.15, -0.1) is 6.42 Å². The SMILES string of the molecule is C#Cc1cc(C(=O)O)c(NC)cc1CCOc1cc(NC)c(C(=O)O)cc1F.N/C(C=O)=C\C=C(/N)n1ccnc1.N/C(C=O)=C\C=C(/N)n1ccnc1. The molecular formula is C36H39FN10O7. The number of imidazole rings is 2. The number of nitrogens with zero attached hydrogens (tertiary/aromatic N) is 4. The van der Waals surface area contributed by atoms with E-state index in [0.29, 0.717) is 47.4 Å². The molecule has 0 radical (unpaired) electrons. The number of rotatable bonds is 14. The first-order chi connectivity index (χ1) is 25.8. The second kappa shape index (κ2) is 21.4. The number of carboxylic acids is 2. The summed E-state index contributed by atoms with van der Waals surface area (Å²) in [5.41, 5.74) is 23.5. The van der Waals surface area contributed by atoms with Gasteiger partial charge in [-0.1, -0.05) is 5.92 Å². The number of nitrogens with one attached hydrogen (secondary N) is 2. The minimum atomic E-state index is -1.26. The second-order valence-electron chi connectivity index (χ2n) is 10.4. The summed E-state index contributed by atoms with van der Waals surface area (Å²) in [4.78, 5) is 50.3. The average Bonchev–Trinajstić information content (AvgIpc) is 3.92. The minimum Gasteiger partial charge on any atom is -0.490 e. The lowest BCUT2D eigenvalue weighted by atomic mass is 10.00. The molecule has 12 N–H and O–H groups in total. The Morgan fingerprint density at radius 1 is 0.833 bits per heavy atom. The number of ether oxygens (including phenoxy) is 1. The van der Waals surface area contributed by atoms with E-state index in [-0.39, 0.29) is 40.6 Å². The number of aromatic nitrogens is 4. The third kappa shape index (κ3) is 12.8. The number of hydrogen-bond donors (Lipinski definition) is 8. The Bertz CT molecular complexity index is 2010. The number of halogens is 1. The molecule has 4 rings (SSSR count). The third-order valence-corrected chi connectivity index (χ3v) is 6.87. The number of carboxylic acid groups (broad SMARTS) is 2. The lowest BCUT2D eigenvalue weighted by Crippen LogP contribution is -2.09. The highest BCUT2D eigenvalue weighted by Gasteiger charge is 2.17. The predicted octanol–water partition coefficient (Wildman–Crippen LogP) is 2.27. The summed E-state index contributed by atoms with van der Waals surface area (Å²) < 4.78 is 22.8. The van der Waals surface area contributed by atoms with Gasteiger partial charge in [0.2, 0.25) is 0 Å². The Morgan fingerprint density at radius 3 is 1.72 bits per heavy atom. The summed E-state index contributed by atoms with van der Waals surface area (Å²) >= 11 is 0. The first-order valence-electron chi connectivity index (χ1n) is 15.4. The van der Waals surface area contributed by atoms with E-state index in [4.69, 9.17) is 39.2 Å². The van der Waals surface area contributed by atoms with Gasteiger partial charge in [0.1, 0.15) is 24.3 Å². The molecule has 0 saturated heterocycles. The van der Waals surface area contributed by atoms with Crippen molar-refractivity contribution in [2.24, 2.45) is 22.9 Å². The number of carbonyl (C=O) groups excluding carboxylic acids is 2. The third-order valence-electron chi connectivity index (χ3n) is 6.87. The van der Waals surface area contributed by atoms with Gasteiger partial charge in [-0.25, -0.2) is 23.9 Å². The highest BCUT2D eigenvalue weighted by atomic mass is 19.1. The molecule has 2 aromatic carbocycles. The van der Waals surface area contributed by atoms with E-state index < -0.39 is 17.8 Å². The molecule has 0 aliphatic carbocycles. The highest BCUT2D eigenvalue weighted by molar-refractivity contribution is 5.95. The van der Waals surface area contributed by atoms with Crippen LogP contribution < -0.4 is 38.3 Å². The molecule has 4 aromatic rings. The topological polar surface area (TPSA) is 282 Å². The molecule has 0 unspecified atom stereocenters. The molecule has 0 saturated carbocycles. The van der Waals surface area contributed by atoms with Crippen molar-refractivity contribution in [3.8, 4) is 18.1 Å². The first kappa shape index (κ1) is 42.4. The molecular weight excluding hydrogens is 703 g/mol. The summed E-state index contributed by atoms with van der Waals surface area (Å²) in [7, 11) is 3.11.